The van der Waals surface area contributed by atoms with E-state index < -0.39 is 0 Å². The van der Waals surface area contributed by atoms with Gasteiger partial charge in [-0.25, -0.2) is 4.98 Å². The van der Waals surface area contributed by atoms with Gasteiger partial charge in [0.1, 0.15) is 6.10 Å². The number of hydrogen-bond acceptors (Lipinski definition) is 5. The molecule has 1 atom stereocenters. The number of nitrogens with zero attached hydrogens (tertiary/aromatic N) is 3. The zero-order valence-electron chi connectivity index (χ0n) is 16.1. The molecule has 3 fully saturated rings. The molecular formula is C21H31N3O3. The van der Waals surface area contributed by atoms with Crippen molar-refractivity contribution in [2.45, 2.75) is 57.1 Å². The minimum absolute atomic E-state index is 0.0902. The smallest absolute Gasteiger partial charge is 0.255 e. The van der Waals surface area contributed by atoms with E-state index in [4.69, 9.17) is 9.47 Å². The molecule has 1 saturated carbocycles. The number of carbonyl (C=O) groups excluding carboxylic acids is 1. The fraction of sp³-hybridized carbons (Fsp3) is 0.714. The van der Waals surface area contributed by atoms with Gasteiger partial charge in [-0.1, -0.05) is 6.42 Å². The van der Waals surface area contributed by atoms with Crippen LogP contribution >= 0.6 is 0 Å². The Bertz CT molecular complexity index is 610. The fourth-order valence-electron chi connectivity index (χ4n) is 4.18. The average Bonchev–Trinajstić information content (AvgIpc) is 3.04. The maximum absolute atomic E-state index is 12.9. The van der Waals surface area contributed by atoms with Crippen molar-refractivity contribution in [1.29, 1.82) is 0 Å². The Labute approximate surface area is 161 Å². The molecule has 148 valence electrons. The molecule has 2 saturated heterocycles. The summed E-state index contributed by atoms with van der Waals surface area (Å²) >= 11 is 0. The molecule has 0 spiro atoms. The predicted octanol–water partition coefficient (Wildman–Crippen LogP) is 2.73. The summed E-state index contributed by atoms with van der Waals surface area (Å²) in [6.07, 6.45) is 9.80. The lowest BCUT2D eigenvalue weighted by molar-refractivity contribution is 0.0749. The van der Waals surface area contributed by atoms with Crippen molar-refractivity contribution in [3.05, 3.63) is 23.9 Å². The first kappa shape index (κ1) is 18.7. The Kier molecular flexibility index (Phi) is 6.24. The van der Waals surface area contributed by atoms with Crippen LogP contribution in [-0.4, -0.2) is 72.2 Å². The number of ether oxygens (including phenoxy) is 2. The van der Waals surface area contributed by atoms with Crippen LogP contribution in [0.4, 0.5) is 0 Å². The average molecular weight is 373 g/mol. The van der Waals surface area contributed by atoms with Crippen LogP contribution in [0, 0.1) is 0 Å². The molecule has 3 heterocycles. The van der Waals surface area contributed by atoms with Crippen molar-refractivity contribution in [2.24, 2.45) is 0 Å². The molecule has 2 aliphatic heterocycles. The van der Waals surface area contributed by atoms with E-state index in [1.165, 1.54) is 19.3 Å². The highest BCUT2D eigenvalue weighted by molar-refractivity contribution is 5.94. The van der Waals surface area contributed by atoms with Crippen LogP contribution in [0.25, 0.3) is 0 Å². The van der Waals surface area contributed by atoms with E-state index in [-0.39, 0.29) is 12.0 Å². The van der Waals surface area contributed by atoms with Gasteiger partial charge in [0, 0.05) is 57.5 Å². The highest BCUT2D eigenvalue weighted by Gasteiger charge is 2.28. The van der Waals surface area contributed by atoms with Crippen molar-refractivity contribution in [1.82, 2.24) is 14.8 Å². The molecule has 0 radical (unpaired) electrons. The van der Waals surface area contributed by atoms with Crippen molar-refractivity contribution in [3.8, 4) is 5.88 Å². The number of aromatic nitrogens is 1. The van der Waals surface area contributed by atoms with E-state index in [2.05, 4.69) is 9.88 Å². The van der Waals surface area contributed by atoms with Gasteiger partial charge in [0.25, 0.3) is 5.91 Å². The van der Waals surface area contributed by atoms with Crippen molar-refractivity contribution in [2.75, 3.05) is 39.4 Å². The zero-order chi connectivity index (χ0) is 18.5. The Morgan fingerprint density at radius 1 is 1.00 bits per heavy atom. The summed E-state index contributed by atoms with van der Waals surface area (Å²) in [7, 11) is 0. The standard InChI is InChI=1S/C21H31N3O3/c25-21(24-11-3-10-23(12-13-24)18-4-1-5-18)17-7-8-20(22-16-17)27-19-6-2-14-26-15-9-19/h7-8,16,18-19H,1-6,9-15H2. The molecule has 1 amide bonds. The maximum Gasteiger partial charge on any atom is 0.255 e. The summed E-state index contributed by atoms with van der Waals surface area (Å²) in [6.45, 7) is 5.32. The quantitative estimate of drug-likeness (QED) is 0.812. The molecule has 0 aromatic carbocycles. The van der Waals surface area contributed by atoms with E-state index in [1.807, 2.05) is 17.0 Å². The van der Waals surface area contributed by atoms with E-state index >= 15 is 0 Å². The molecule has 3 aliphatic rings. The number of amides is 1. The zero-order valence-corrected chi connectivity index (χ0v) is 16.1. The van der Waals surface area contributed by atoms with Crippen molar-refractivity contribution >= 4 is 5.91 Å². The monoisotopic (exact) mass is 373 g/mol. The SMILES string of the molecule is O=C(c1ccc(OC2CCCOCC2)nc1)N1CCCN(C2CCC2)CC1. The lowest BCUT2D eigenvalue weighted by atomic mass is 9.91. The third kappa shape index (κ3) is 4.79. The molecule has 6 nitrogen and oxygen atoms in total. The van der Waals surface area contributed by atoms with Gasteiger partial charge in [-0.05, 0) is 38.2 Å². The van der Waals surface area contributed by atoms with E-state index in [1.54, 1.807) is 6.20 Å². The lowest BCUT2D eigenvalue weighted by Gasteiger charge is -2.36. The second kappa shape index (κ2) is 9.02. The van der Waals surface area contributed by atoms with Gasteiger partial charge in [-0.15, -0.1) is 0 Å². The van der Waals surface area contributed by atoms with Gasteiger partial charge < -0.3 is 14.4 Å². The Morgan fingerprint density at radius 3 is 2.70 bits per heavy atom. The first-order valence-electron chi connectivity index (χ1n) is 10.5. The normalized spacial score (nSPS) is 25.3. The van der Waals surface area contributed by atoms with Crippen molar-refractivity contribution in [3.63, 3.8) is 0 Å². The summed E-state index contributed by atoms with van der Waals surface area (Å²) in [5.74, 6) is 0.692. The van der Waals surface area contributed by atoms with Gasteiger partial charge in [0.2, 0.25) is 5.88 Å². The minimum atomic E-state index is 0.0902. The summed E-state index contributed by atoms with van der Waals surface area (Å²) < 4.78 is 11.4. The summed E-state index contributed by atoms with van der Waals surface area (Å²) in [6, 6.07) is 4.44. The van der Waals surface area contributed by atoms with Gasteiger partial charge >= 0.3 is 0 Å². The van der Waals surface area contributed by atoms with Gasteiger partial charge in [-0.3, -0.25) is 9.69 Å². The molecule has 1 unspecified atom stereocenters. The van der Waals surface area contributed by atoms with Crippen LogP contribution < -0.4 is 4.74 Å². The Morgan fingerprint density at radius 2 is 1.93 bits per heavy atom. The first-order chi connectivity index (χ1) is 13.3. The summed E-state index contributed by atoms with van der Waals surface area (Å²) in [4.78, 5) is 21.8. The molecule has 1 aromatic heterocycles. The van der Waals surface area contributed by atoms with Crippen LogP contribution in [0.5, 0.6) is 5.88 Å². The third-order valence-corrected chi connectivity index (χ3v) is 6.08. The second-order valence-electron chi connectivity index (χ2n) is 7.93. The Hall–Kier alpha value is -1.66. The highest BCUT2D eigenvalue weighted by Crippen LogP contribution is 2.26. The van der Waals surface area contributed by atoms with Crippen LogP contribution in [0.3, 0.4) is 0 Å². The summed E-state index contributed by atoms with van der Waals surface area (Å²) in [5.41, 5.74) is 0.656. The van der Waals surface area contributed by atoms with E-state index in [0.29, 0.717) is 11.4 Å². The third-order valence-electron chi connectivity index (χ3n) is 6.08. The predicted molar refractivity (Wildman–Crippen MR) is 103 cm³/mol. The first-order valence-corrected chi connectivity index (χ1v) is 10.5. The highest BCUT2D eigenvalue weighted by atomic mass is 16.5. The summed E-state index contributed by atoms with van der Waals surface area (Å²) in [5, 5.41) is 0. The molecular weight excluding hydrogens is 342 g/mol. The van der Waals surface area contributed by atoms with Crippen molar-refractivity contribution < 1.29 is 14.3 Å². The number of rotatable bonds is 4. The minimum Gasteiger partial charge on any atom is -0.474 e. The number of pyridine rings is 1. The van der Waals surface area contributed by atoms with Gasteiger partial charge in [0.05, 0.1) is 12.2 Å². The molecule has 1 aromatic rings. The Balaban J connectivity index is 1.31. The fourth-order valence-corrected chi connectivity index (χ4v) is 4.18. The van der Waals surface area contributed by atoms with Crippen LogP contribution in [0.2, 0.25) is 0 Å². The lowest BCUT2D eigenvalue weighted by Crippen LogP contribution is -2.42. The largest absolute Gasteiger partial charge is 0.474 e. The van der Waals surface area contributed by atoms with Gasteiger partial charge in [-0.2, -0.15) is 0 Å². The number of hydrogen-bond donors (Lipinski definition) is 0. The van der Waals surface area contributed by atoms with Gasteiger partial charge in [0.15, 0.2) is 0 Å². The van der Waals surface area contributed by atoms with Crippen LogP contribution in [0.1, 0.15) is 55.3 Å². The molecule has 0 bridgehead atoms. The molecule has 0 N–H and O–H groups in total. The van der Waals surface area contributed by atoms with E-state index in [9.17, 15) is 4.79 Å². The molecule has 4 rings (SSSR count). The molecule has 27 heavy (non-hydrogen) atoms. The van der Waals surface area contributed by atoms with Crippen LogP contribution in [-0.2, 0) is 4.74 Å². The molecule has 6 heteroatoms. The van der Waals surface area contributed by atoms with Crippen LogP contribution in [0.15, 0.2) is 18.3 Å². The van der Waals surface area contributed by atoms with E-state index in [0.717, 1.165) is 71.1 Å². The molecule has 1 aliphatic carbocycles. The topological polar surface area (TPSA) is 54.9 Å². The maximum atomic E-state index is 12.9. The number of carbonyl (C=O) groups is 1. The second-order valence-corrected chi connectivity index (χ2v) is 7.93.